The summed E-state index contributed by atoms with van der Waals surface area (Å²) in [5, 5.41) is 0.157. The number of hydrogen-bond donors (Lipinski definition) is 1. The van der Waals surface area contributed by atoms with E-state index in [1.54, 1.807) is 18.2 Å². The molecule has 2 aromatic heterocycles. The smallest absolute Gasteiger partial charge is 0.417 e. The molecule has 3 aromatic rings. The molecule has 1 aliphatic carbocycles. The number of imidazole rings is 1. The van der Waals surface area contributed by atoms with Gasteiger partial charge in [0.25, 0.3) is 0 Å². The minimum atomic E-state index is -4.46. The van der Waals surface area contributed by atoms with E-state index < -0.39 is 23.6 Å². The summed E-state index contributed by atoms with van der Waals surface area (Å²) in [6.07, 6.45) is -3.84. The lowest BCUT2D eigenvalue weighted by molar-refractivity contribution is -0.137. The minimum Gasteiger partial charge on any atom is -0.493 e. The molecule has 33 heavy (non-hydrogen) atoms. The third-order valence-corrected chi connectivity index (χ3v) is 5.72. The predicted molar refractivity (Wildman–Crippen MR) is 111 cm³/mol. The summed E-state index contributed by atoms with van der Waals surface area (Å²) in [4.78, 5) is 11.1. The molecule has 5 nitrogen and oxygen atoms in total. The van der Waals surface area contributed by atoms with Crippen LogP contribution in [0.3, 0.4) is 0 Å². The maximum absolute atomic E-state index is 13.6. The molecule has 1 unspecified atom stereocenters. The van der Waals surface area contributed by atoms with E-state index in [4.69, 9.17) is 21.1 Å². The Hall–Kier alpha value is -2.88. The standard InChI is InChI=1S/C22H19ClF5N3O2/c1-32-17-8-12(18-19(23)31-20(30-18)13-6-7-21(24,25)9-13)2-5-16(17)33-11-15-4-3-14(10-29-15)22(26,27)28/h2-5,8,10,13H,6-7,9,11H2,1H3,(H,30,31). The largest absolute Gasteiger partial charge is 0.493 e. The van der Waals surface area contributed by atoms with Crippen molar-refractivity contribution in [3.05, 3.63) is 58.8 Å². The Labute approximate surface area is 190 Å². The van der Waals surface area contributed by atoms with Crippen LogP contribution >= 0.6 is 11.6 Å². The third kappa shape index (κ3) is 5.21. The second kappa shape index (κ2) is 8.81. The number of nitrogens with zero attached hydrogens (tertiary/aromatic N) is 2. The van der Waals surface area contributed by atoms with Crippen LogP contribution in [0.4, 0.5) is 22.0 Å². The van der Waals surface area contributed by atoms with Crippen molar-refractivity contribution < 1.29 is 31.4 Å². The number of aromatic amines is 1. The maximum Gasteiger partial charge on any atom is 0.417 e. The highest BCUT2D eigenvalue weighted by Gasteiger charge is 2.41. The normalized spacial score (nSPS) is 17.8. The van der Waals surface area contributed by atoms with Gasteiger partial charge in [-0.2, -0.15) is 13.2 Å². The zero-order chi connectivity index (χ0) is 23.8. The van der Waals surface area contributed by atoms with Crippen molar-refractivity contribution in [1.29, 1.82) is 0 Å². The summed E-state index contributed by atoms with van der Waals surface area (Å²) < 4.78 is 76.1. The van der Waals surface area contributed by atoms with Crippen LogP contribution in [0.25, 0.3) is 11.3 Å². The zero-order valence-electron chi connectivity index (χ0n) is 17.3. The monoisotopic (exact) mass is 487 g/mol. The number of ether oxygens (including phenoxy) is 2. The number of benzene rings is 1. The number of aromatic nitrogens is 3. The van der Waals surface area contributed by atoms with Crippen LogP contribution in [-0.2, 0) is 12.8 Å². The van der Waals surface area contributed by atoms with E-state index in [-0.39, 0.29) is 24.6 Å². The molecule has 1 atom stereocenters. The van der Waals surface area contributed by atoms with Crippen LogP contribution in [0, 0.1) is 0 Å². The fourth-order valence-electron chi connectivity index (χ4n) is 3.71. The number of nitrogens with one attached hydrogen (secondary N) is 1. The zero-order valence-corrected chi connectivity index (χ0v) is 18.1. The van der Waals surface area contributed by atoms with Crippen LogP contribution in [0.5, 0.6) is 11.5 Å². The summed E-state index contributed by atoms with van der Waals surface area (Å²) in [6.45, 7) is -0.0707. The fraction of sp³-hybridized carbons (Fsp3) is 0.364. The summed E-state index contributed by atoms with van der Waals surface area (Å²) in [6, 6.07) is 7.11. The number of hydrogen-bond acceptors (Lipinski definition) is 4. The van der Waals surface area contributed by atoms with Gasteiger partial charge in [0.2, 0.25) is 5.92 Å². The maximum atomic E-state index is 13.6. The van der Waals surface area contributed by atoms with E-state index in [0.29, 0.717) is 40.7 Å². The van der Waals surface area contributed by atoms with Gasteiger partial charge in [0, 0.05) is 30.5 Å². The lowest BCUT2D eigenvalue weighted by atomic mass is 10.1. The Morgan fingerprint density at radius 1 is 1.18 bits per heavy atom. The predicted octanol–water partition coefficient (Wildman–Crippen LogP) is 6.63. The molecule has 0 aliphatic heterocycles. The van der Waals surface area contributed by atoms with Crippen LogP contribution in [0.15, 0.2) is 36.5 Å². The summed E-state index contributed by atoms with van der Waals surface area (Å²) in [5.74, 6) is -1.99. The molecule has 4 rings (SSSR count). The highest BCUT2D eigenvalue weighted by atomic mass is 35.5. The first-order valence-corrected chi connectivity index (χ1v) is 10.4. The van der Waals surface area contributed by atoms with Crippen molar-refractivity contribution in [1.82, 2.24) is 15.0 Å². The molecule has 0 radical (unpaired) electrons. The van der Waals surface area contributed by atoms with Gasteiger partial charge in [-0.1, -0.05) is 11.6 Å². The van der Waals surface area contributed by atoms with E-state index in [9.17, 15) is 22.0 Å². The molecule has 1 aromatic carbocycles. The van der Waals surface area contributed by atoms with Gasteiger partial charge in [-0.05, 0) is 36.8 Å². The quantitative estimate of drug-likeness (QED) is 0.396. The first-order valence-electron chi connectivity index (χ1n) is 10.0. The molecule has 2 heterocycles. The van der Waals surface area contributed by atoms with Gasteiger partial charge in [0.1, 0.15) is 12.4 Å². The summed E-state index contributed by atoms with van der Waals surface area (Å²) in [7, 11) is 1.43. The molecule has 1 saturated carbocycles. The minimum absolute atomic E-state index is 0.0707. The SMILES string of the molecule is COc1cc(-c2[nH]c(C3CCC(F)(F)C3)nc2Cl)ccc1OCc1ccc(C(F)(F)F)cn1. The van der Waals surface area contributed by atoms with Crippen molar-refractivity contribution >= 4 is 11.6 Å². The van der Waals surface area contributed by atoms with Crippen molar-refractivity contribution in [2.75, 3.05) is 7.11 Å². The van der Waals surface area contributed by atoms with E-state index in [0.717, 1.165) is 12.3 Å². The van der Waals surface area contributed by atoms with Gasteiger partial charge < -0.3 is 14.5 Å². The van der Waals surface area contributed by atoms with Gasteiger partial charge in [0.15, 0.2) is 16.7 Å². The molecule has 0 spiro atoms. The molecule has 1 fully saturated rings. The Balaban J connectivity index is 1.49. The Morgan fingerprint density at radius 2 is 1.97 bits per heavy atom. The molecule has 0 saturated heterocycles. The highest BCUT2D eigenvalue weighted by Crippen LogP contribution is 2.44. The van der Waals surface area contributed by atoms with E-state index in [1.165, 1.54) is 13.2 Å². The lowest BCUT2D eigenvalue weighted by Crippen LogP contribution is -2.09. The third-order valence-electron chi connectivity index (χ3n) is 5.45. The van der Waals surface area contributed by atoms with Gasteiger partial charge in [-0.15, -0.1) is 0 Å². The van der Waals surface area contributed by atoms with Crippen molar-refractivity contribution in [2.45, 2.75) is 43.9 Å². The first kappa shape index (κ1) is 23.3. The van der Waals surface area contributed by atoms with E-state index >= 15 is 0 Å². The van der Waals surface area contributed by atoms with Gasteiger partial charge in [-0.3, -0.25) is 4.98 Å². The van der Waals surface area contributed by atoms with Gasteiger partial charge in [-0.25, -0.2) is 13.8 Å². The number of alkyl halides is 5. The van der Waals surface area contributed by atoms with Crippen molar-refractivity contribution in [2.24, 2.45) is 0 Å². The number of rotatable bonds is 6. The molecular weight excluding hydrogens is 469 g/mol. The Kier molecular flexibility index (Phi) is 6.22. The Bertz CT molecular complexity index is 1130. The molecule has 176 valence electrons. The van der Waals surface area contributed by atoms with Crippen LogP contribution < -0.4 is 9.47 Å². The second-order valence-electron chi connectivity index (χ2n) is 7.77. The van der Waals surface area contributed by atoms with E-state index in [2.05, 4.69) is 15.0 Å². The summed E-state index contributed by atoms with van der Waals surface area (Å²) in [5.41, 5.74) is 0.547. The average Bonchev–Trinajstić information content (AvgIpc) is 3.33. The van der Waals surface area contributed by atoms with Crippen molar-refractivity contribution in [3.63, 3.8) is 0 Å². The average molecular weight is 488 g/mol. The topological polar surface area (TPSA) is 60.0 Å². The molecule has 0 bridgehead atoms. The van der Waals surface area contributed by atoms with Gasteiger partial charge >= 0.3 is 6.18 Å². The molecule has 11 heteroatoms. The second-order valence-corrected chi connectivity index (χ2v) is 8.13. The van der Waals surface area contributed by atoms with Crippen molar-refractivity contribution in [3.8, 4) is 22.8 Å². The molecule has 1 aliphatic rings. The van der Waals surface area contributed by atoms with Crippen LogP contribution in [0.2, 0.25) is 5.15 Å². The molecule has 1 N–H and O–H groups in total. The summed E-state index contributed by atoms with van der Waals surface area (Å²) >= 11 is 6.26. The highest BCUT2D eigenvalue weighted by molar-refractivity contribution is 6.31. The molecular formula is C22H19ClF5N3O2. The number of methoxy groups -OCH3 is 1. The number of halogens is 6. The lowest BCUT2D eigenvalue weighted by Gasteiger charge is -2.12. The first-order chi connectivity index (χ1) is 15.6. The van der Waals surface area contributed by atoms with Gasteiger partial charge in [0.05, 0.1) is 24.1 Å². The molecule has 0 amide bonds. The van der Waals surface area contributed by atoms with Crippen LogP contribution in [0.1, 0.15) is 42.3 Å². The number of H-pyrrole nitrogens is 1. The van der Waals surface area contributed by atoms with E-state index in [1.807, 2.05) is 0 Å². The Morgan fingerprint density at radius 3 is 2.58 bits per heavy atom. The number of pyridine rings is 1. The van der Waals surface area contributed by atoms with Crippen LogP contribution in [-0.4, -0.2) is 28.0 Å². The fourth-order valence-corrected chi connectivity index (χ4v) is 3.96.